The third-order valence-electron chi connectivity index (χ3n) is 10.2. The van der Waals surface area contributed by atoms with Crippen molar-refractivity contribution in [2.45, 2.75) is 37.4 Å². The summed E-state index contributed by atoms with van der Waals surface area (Å²) >= 11 is 0. The molecule has 0 unspecified atom stereocenters. The molecule has 318 valence electrons. The summed E-state index contributed by atoms with van der Waals surface area (Å²) in [5, 5.41) is 20.8. The number of rotatable bonds is 7. The topological polar surface area (TPSA) is 74.8 Å². The number of nitrogens with zero attached hydrogens (tertiary/aromatic N) is 4. The zero-order valence-electron chi connectivity index (χ0n) is 31.8. The van der Waals surface area contributed by atoms with E-state index in [0.29, 0.717) is 16.4 Å². The SMILES string of the molecule is [C-]#[N+]C([N+]#[C-])=C1Cc2c(-c3ccc(OC(F)(F)F)cc3)c3c(c(-c4ccc(OC(F)(F)F)cc4)c2=C1c1ccc(C)cc1)CC(=C(C#N)C#N)C=3c1ccc(S(F)(F)(F)(F)F)cc1. The molecule has 63 heavy (non-hydrogen) atoms. The number of nitriles is 2. The van der Waals surface area contributed by atoms with E-state index < -0.39 is 50.7 Å². The molecule has 7 rings (SSSR count). The Morgan fingerprint density at radius 1 is 0.571 bits per heavy atom. The van der Waals surface area contributed by atoms with E-state index in [1.165, 1.54) is 24.3 Å². The number of ether oxygens (including phenoxy) is 2. The summed E-state index contributed by atoms with van der Waals surface area (Å²) in [6, 6.07) is 21.0. The van der Waals surface area contributed by atoms with Crippen molar-refractivity contribution < 1.29 is 55.2 Å². The van der Waals surface area contributed by atoms with Crippen LogP contribution in [0.2, 0.25) is 0 Å². The maximum absolute atomic E-state index is 14.0. The van der Waals surface area contributed by atoms with Crippen LogP contribution in [0.25, 0.3) is 43.1 Å². The van der Waals surface area contributed by atoms with E-state index in [9.17, 15) is 56.3 Å². The monoisotopic (exact) mass is 892 g/mol. The zero-order chi connectivity index (χ0) is 45.9. The first-order valence-corrected chi connectivity index (χ1v) is 19.9. The molecule has 0 radical (unpaired) electrons. The van der Waals surface area contributed by atoms with Gasteiger partial charge in [0.2, 0.25) is 0 Å². The molecular weight excluding hydrogens is 870 g/mol. The lowest BCUT2D eigenvalue weighted by Gasteiger charge is -2.40. The van der Waals surface area contributed by atoms with Gasteiger partial charge in [-0.3, -0.25) is 0 Å². The number of halogens is 11. The highest BCUT2D eigenvalue weighted by Gasteiger charge is 2.65. The predicted octanol–water partition coefficient (Wildman–Crippen LogP) is 12.7. The summed E-state index contributed by atoms with van der Waals surface area (Å²) in [4.78, 5) is 4.69. The van der Waals surface area contributed by atoms with Gasteiger partial charge in [0.15, 0.2) is 0 Å². The average molecular weight is 893 g/mol. The highest BCUT2D eigenvalue weighted by Crippen LogP contribution is 3.02. The minimum atomic E-state index is -10.2. The molecule has 0 atom stereocenters. The first kappa shape index (κ1) is 43.5. The molecule has 0 fully saturated rings. The molecule has 2 aliphatic carbocycles. The van der Waals surface area contributed by atoms with Gasteiger partial charge in [-0.15, -0.1) is 26.3 Å². The van der Waals surface area contributed by atoms with Gasteiger partial charge in [0.1, 0.15) is 47.3 Å². The van der Waals surface area contributed by atoms with Gasteiger partial charge in [0.25, 0.3) is 0 Å². The Bertz CT molecular complexity index is 3100. The van der Waals surface area contributed by atoms with Gasteiger partial charge in [-0.2, -0.15) is 20.2 Å². The second kappa shape index (κ2) is 14.5. The Morgan fingerprint density at radius 3 is 1.30 bits per heavy atom. The molecule has 0 heterocycles. The molecule has 5 aromatic carbocycles. The normalized spacial score (nSPS) is 14.6. The predicted molar refractivity (Wildman–Crippen MR) is 210 cm³/mol. The van der Waals surface area contributed by atoms with E-state index in [-0.39, 0.29) is 85.9 Å². The maximum Gasteiger partial charge on any atom is 0.573 e. The molecule has 2 aliphatic rings. The van der Waals surface area contributed by atoms with Crippen molar-refractivity contribution in [2.75, 3.05) is 0 Å². The molecule has 0 bridgehead atoms. The van der Waals surface area contributed by atoms with Crippen molar-refractivity contribution in [3.8, 4) is 45.9 Å². The number of benzene rings is 5. The molecule has 0 aliphatic heterocycles. The zero-order valence-corrected chi connectivity index (χ0v) is 32.6. The summed E-state index contributed by atoms with van der Waals surface area (Å²) in [7, 11) is -10.2. The number of hydrogen-bond acceptors (Lipinski definition) is 4. The van der Waals surface area contributed by atoms with E-state index in [1.54, 1.807) is 43.3 Å². The molecule has 6 nitrogen and oxygen atoms in total. The average Bonchev–Trinajstić information content (AvgIpc) is 3.77. The van der Waals surface area contributed by atoms with Gasteiger partial charge in [-0.05, 0) is 121 Å². The molecule has 5 aromatic rings. The first-order valence-electron chi connectivity index (χ1n) is 18.0. The van der Waals surface area contributed by atoms with Gasteiger partial charge in [-0.25, -0.2) is 0 Å². The molecule has 18 heteroatoms. The summed E-state index contributed by atoms with van der Waals surface area (Å²) in [6.45, 7) is 17.7. The third kappa shape index (κ3) is 8.54. The molecule has 0 N–H and O–H groups in total. The minimum Gasteiger partial charge on any atom is -0.406 e. The van der Waals surface area contributed by atoms with Crippen LogP contribution in [0.4, 0.5) is 45.8 Å². The van der Waals surface area contributed by atoms with Crippen molar-refractivity contribution in [3.05, 3.63) is 181 Å². The quantitative estimate of drug-likeness (QED) is 0.0927. The lowest BCUT2D eigenvalue weighted by molar-refractivity contribution is -0.275. The summed E-state index contributed by atoms with van der Waals surface area (Å²) in [6.07, 6.45) is -10.8. The fourth-order valence-electron chi connectivity index (χ4n) is 7.83. The van der Waals surface area contributed by atoms with Crippen LogP contribution in [0.3, 0.4) is 0 Å². The highest BCUT2D eigenvalue weighted by atomic mass is 32.5. The van der Waals surface area contributed by atoms with Crippen molar-refractivity contribution in [1.82, 2.24) is 0 Å². The molecule has 0 amide bonds. The summed E-state index contributed by atoms with van der Waals surface area (Å²) in [5.41, 5.74) is 1.94. The van der Waals surface area contributed by atoms with E-state index in [2.05, 4.69) is 19.2 Å². The number of alkyl halides is 6. The largest absolute Gasteiger partial charge is 0.573 e. The second-order valence-corrected chi connectivity index (χ2v) is 16.6. The molecule has 0 saturated carbocycles. The number of fused-ring (bicyclic) bond motifs is 2. The van der Waals surface area contributed by atoms with Crippen LogP contribution in [0.1, 0.15) is 27.8 Å². The lowest BCUT2D eigenvalue weighted by atomic mass is 9.86. The van der Waals surface area contributed by atoms with Crippen LogP contribution >= 0.6 is 10.2 Å². The molecular formula is C45H23F11N4O2S. The van der Waals surface area contributed by atoms with Gasteiger partial charge in [-0.1, -0.05) is 85.7 Å². The Balaban J connectivity index is 1.77. The lowest BCUT2D eigenvalue weighted by Crippen LogP contribution is -2.25. The van der Waals surface area contributed by atoms with E-state index in [0.717, 1.165) is 42.0 Å². The third-order valence-corrected chi connectivity index (χ3v) is 11.4. The van der Waals surface area contributed by atoms with Gasteiger partial charge < -0.3 is 9.47 Å². The van der Waals surface area contributed by atoms with Crippen LogP contribution in [0.15, 0.2) is 124 Å². The van der Waals surface area contributed by atoms with E-state index >= 15 is 0 Å². The van der Waals surface area contributed by atoms with Crippen LogP contribution in [-0.4, -0.2) is 12.7 Å². The van der Waals surface area contributed by atoms with Crippen LogP contribution < -0.4 is 19.9 Å². The standard InChI is InChI=1S/C45H23F11N4O2S/c1-24-4-6-25(7-5-24)40-36(43(59-2)60-3)21-35-39(27-10-16-31(17-11-27)62-45(49,50)51)41-34(38(42(35)40)26-8-14-30(15-9-26)61-44(46,47)48)20-33(29(22-57)23-58)37(41)28-12-18-32(19-13-28)63(52,53,54,55)56/h4-19H,20-21H2,1H3. The molecule has 0 spiro atoms. The fraction of sp³-hybridized carbons (Fsp3) is 0.111. The van der Waals surface area contributed by atoms with Crippen LogP contribution in [-0.2, 0) is 12.8 Å². The first-order chi connectivity index (χ1) is 29.3. The number of allylic oxidation sites excluding steroid dienone is 3. The van der Waals surface area contributed by atoms with Gasteiger partial charge in [0.05, 0.1) is 5.57 Å². The number of hydrogen-bond donors (Lipinski definition) is 0. The fourth-order valence-corrected chi connectivity index (χ4v) is 8.49. The maximum atomic E-state index is 14.0. The molecule has 0 saturated heterocycles. The van der Waals surface area contributed by atoms with Gasteiger partial charge in [0, 0.05) is 6.42 Å². The van der Waals surface area contributed by atoms with Gasteiger partial charge >= 0.3 is 28.8 Å². The Morgan fingerprint density at radius 2 is 0.937 bits per heavy atom. The second-order valence-electron chi connectivity index (χ2n) is 14.2. The van der Waals surface area contributed by atoms with E-state index in [4.69, 9.17) is 13.1 Å². The Labute approximate surface area is 350 Å². The summed E-state index contributed by atoms with van der Waals surface area (Å²) < 4.78 is 158. The minimum absolute atomic E-state index is 0.0682. The van der Waals surface area contributed by atoms with Crippen molar-refractivity contribution >= 4 is 21.4 Å². The van der Waals surface area contributed by atoms with Crippen molar-refractivity contribution in [3.63, 3.8) is 0 Å². The van der Waals surface area contributed by atoms with E-state index in [1.807, 2.05) is 0 Å². The Hall–Kier alpha value is -7.54. The smallest absolute Gasteiger partial charge is 0.406 e. The summed E-state index contributed by atoms with van der Waals surface area (Å²) in [5.74, 6) is -1.67. The van der Waals surface area contributed by atoms with Crippen molar-refractivity contribution in [1.29, 1.82) is 10.5 Å². The Kier molecular flexibility index (Phi) is 10.1. The highest BCUT2D eigenvalue weighted by molar-refractivity contribution is 8.45. The molecule has 0 aromatic heterocycles. The number of aryl methyl sites for hydroxylation is 1. The van der Waals surface area contributed by atoms with Crippen LogP contribution in [0, 0.1) is 42.7 Å². The van der Waals surface area contributed by atoms with Crippen molar-refractivity contribution in [2.24, 2.45) is 0 Å². The van der Waals surface area contributed by atoms with Crippen LogP contribution in [0.5, 0.6) is 11.5 Å².